The molecule has 4 aromatic rings. The minimum Gasteiger partial charge on any atom is -0.485 e. The van der Waals surface area contributed by atoms with Crippen molar-refractivity contribution in [3.8, 4) is 5.75 Å². The van der Waals surface area contributed by atoms with Crippen LogP contribution in [0, 0.1) is 6.92 Å². The molecule has 3 aliphatic rings. The zero-order chi connectivity index (χ0) is 28.2. The third kappa shape index (κ3) is 4.64. The van der Waals surface area contributed by atoms with Gasteiger partial charge < -0.3 is 29.7 Å². The summed E-state index contributed by atoms with van der Waals surface area (Å²) in [5.41, 5.74) is 8.10. The monoisotopic (exact) mass is 576 g/mol. The van der Waals surface area contributed by atoms with Gasteiger partial charge in [-0.3, -0.25) is 4.79 Å². The van der Waals surface area contributed by atoms with E-state index in [0.29, 0.717) is 41.8 Å². The quantitative estimate of drug-likeness (QED) is 0.364. The van der Waals surface area contributed by atoms with Crippen molar-refractivity contribution in [1.29, 1.82) is 0 Å². The summed E-state index contributed by atoms with van der Waals surface area (Å²) in [5.74, 6) is 3.60. The Kier molecular flexibility index (Phi) is 6.46. The van der Waals surface area contributed by atoms with E-state index in [4.69, 9.17) is 32.2 Å². The van der Waals surface area contributed by atoms with E-state index in [0.717, 1.165) is 61.2 Å². The van der Waals surface area contributed by atoms with Gasteiger partial charge in [0.15, 0.2) is 11.5 Å². The third-order valence-corrected chi connectivity index (χ3v) is 8.58. The molecule has 0 spiro atoms. The number of likely N-dealkylation sites (N-methyl/N-ethyl adjacent to an activating group) is 1. The van der Waals surface area contributed by atoms with E-state index in [2.05, 4.69) is 33.1 Å². The van der Waals surface area contributed by atoms with Gasteiger partial charge in [-0.25, -0.2) is 4.98 Å². The molecule has 41 heavy (non-hydrogen) atoms. The molecule has 1 unspecified atom stereocenters. The van der Waals surface area contributed by atoms with Crippen LogP contribution in [0.1, 0.15) is 53.0 Å². The lowest BCUT2D eigenvalue weighted by Crippen LogP contribution is -2.56. The highest BCUT2D eigenvalue weighted by atomic mass is 35.5. The second-order valence-corrected chi connectivity index (χ2v) is 11.6. The van der Waals surface area contributed by atoms with Gasteiger partial charge in [-0.1, -0.05) is 11.6 Å². The Labute approximate surface area is 242 Å². The number of fused-ring (bicyclic) bond motifs is 5. The SMILES string of the molecule is Cc1nnc2n1CCN(C)c1cc(N3CC(N)C3)nc3cc(nn13)C1CCCCN1C(=O)c1cc(Cl)ccc1OC2. The molecule has 3 aliphatic heterocycles. The number of benzene rings is 1. The highest BCUT2D eigenvalue weighted by Gasteiger charge is 2.33. The molecular weight excluding hydrogens is 544 g/mol. The van der Waals surface area contributed by atoms with Crippen molar-refractivity contribution in [2.24, 2.45) is 5.73 Å². The lowest BCUT2D eigenvalue weighted by molar-refractivity contribution is 0.0600. The minimum atomic E-state index is -0.192. The lowest BCUT2D eigenvalue weighted by atomic mass is 9.98. The third-order valence-electron chi connectivity index (χ3n) is 8.34. The summed E-state index contributed by atoms with van der Waals surface area (Å²) >= 11 is 6.39. The number of hydrogen-bond acceptors (Lipinski definition) is 9. The van der Waals surface area contributed by atoms with Crippen molar-refractivity contribution in [2.75, 3.05) is 43.0 Å². The number of carbonyl (C=O) groups excluding carboxylic acids is 1. The van der Waals surface area contributed by atoms with Crippen LogP contribution in [-0.4, -0.2) is 79.4 Å². The predicted octanol–water partition coefficient (Wildman–Crippen LogP) is 2.83. The van der Waals surface area contributed by atoms with E-state index < -0.39 is 0 Å². The van der Waals surface area contributed by atoms with Gasteiger partial charge in [0.25, 0.3) is 5.91 Å². The summed E-state index contributed by atoms with van der Waals surface area (Å²) < 4.78 is 10.2. The molecule has 0 radical (unpaired) electrons. The van der Waals surface area contributed by atoms with E-state index in [1.165, 1.54) is 0 Å². The topological polar surface area (TPSA) is 123 Å². The lowest BCUT2D eigenvalue weighted by Gasteiger charge is -2.38. The van der Waals surface area contributed by atoms with Gasteiger partial charge in [-0.2, -0.15) is 9.61 Å². The molecule has 1 atom stereocenters. The van der Waals surface area contributed by atoms with Crippen LogP contribution in [0.3, 0.4) is 0 Å². The fourth-order valence-electron chi connectivity index (χ4n) is 6.02. The number of amides is 1. The summed E-state index contributed by atoms with van der Waals surface area (Å²) in [5, 5.41) is 14.2. The molecule has 0 saturated carbocycles. The summed E-state index contributed by atoms with van der Waals surface area (Å²) in [6.07, 6.45) is 2.74. The standard InChI is InChI=1S/C28H33ClN10O2/c1-17-32-33-26-16-41-23-7-6-18(29)11-20(23)28(40)38-8-4-3-5-22(38)21-12-25-31-24(36-14-19(30)15-36)13-27(39(25)34-21)35(2)9-10-37(17)26/h6-7,11-13,19,22H,3-5,8-10,14-16,30H2,1-2H3. The first-order chi connectivity index (χ1) is 19.9. The molecule has 1 aromatic carbocycles. The van der Waals surface area contributed by atoms with E-state index in [1.54, 1.807) is 18.2 Å². The molecule has 3 aromatic heterocycles. The fourth-order valence-corrected chi connectivity index (χ4v) is 6.19. The first kappa shape index (κ1) is 26.0. The first-order valence-corrected chi connectivity index (χ1v) is 14.5. The molecule has 2 fully saturated rings. The number of rotatable bonds is 1. The zero-order valence-corrected chi connectivity index (χ0v) is 24.0. The highest BCUT2D eigenvalue weighted by Crippen LogP contribution is 2.36. The van der Waals surface area contributed by atoms with Crippen LogP contribution in [0.2, 0.25) is 5.02 Å². The molecule has 1 amide bonds. The molecule has 2 N–H and O–H groups in total. The Morgan fingerprint density at radius 1 is 1.07 bits per heavy atom. The average molecular weight is 577 g/mol. The van der Waals surface area contributed by atoms with E-state index in [-0.39, 0.29) is 24.6 Å². The molecule has 0 aliphatic carbocycles. The van der Waals surface area contributed by atoms with Crippen LogP contribution < -0.4 is 20.3 Å². The Balaban J connectivity index is 1.38. The van der Waals surface area contributed by atoms with Gasteiger partial charge in [0.05, 0.1) is 17.3 Å². The number of hydrogen-bond donors (Lipinski definition) is 1. The number of anilines is 2. The van der Waals surface area contributed by atoms with Gasteiger partial charge in [-0.05, 0) is 44.4 Å². The van der Waals surface area contributed by atoms with Gasteiger partial charge in [0, 0.05) is 63.0 Å². The molecular formula is C28H33ClN10O2. The van der Waals surface area contributed by atoms with Crippen molar-refractivity contribution in [1.82, 2.24) is 34.3 Å². The predicted molar refractivity (Wildman–Crippen MR) is 155 cm³/mol. The number of carbonyl (C=O) groups is 1. The molecule has 13 heteroatoms. The second-order valence-electron chi connectivity index (χ2n) is 11.2. The van der Waals surface area contributed by atoms with Crippen LogP contribution >= 0.6 is 11.6 Å². The maximum atomic E-state index is 14.1. The number of nitrogens with zero attached hydrogens (tertiary/aromatic N) is 9. The van der Waals surface area contributed by atoms with Crippen LogP contribution in [0.25, 0.3) is 5.65 Å². The smallest absolute Gasteiger partial charge is 0.258 e. The van der Waals surface area contributed by atoms with E-state index in [1.807, 2.05) is 27.0 Å². The number of aromatic nitrogens is 6. The number of aryl methyl sites for hydroxylation is 1. The summed E-state index contributed by atoms with van der Waals surface area (Å²) in [4.78, 5) is 25.4. The Bertz CT molecular complexity index is 1630. The van der Waals surface area contributed by atoms with Crippen LogP contribution in [0.5, 0.6) is 5.75 Å². The van der Waals surface area contributed by atoms with E-state index in [9.17, 15) is 4.79 Å². The first-order valence-electron chi connectivity index (χ1n) is 14.1. The van der Waals surface area contributed by atoms with Crippen LogP contribution in [0.4, 0.5) is 11.6 Å². The fraction of sp³-hybridized carbons (Fsp3) is 0.464. The summed E-state index contributed by atoms with van der Waals surface area (Å²) in [6, 6.07) is 9.23. The summed E-state index contributed by atoms with van der Waals surface area (Å²) in [7, 11) is 2.05. The second kappa shape index (κ2) is 10.2. The van der Waals surface area contributed by atoms with Crippen molar-refractivity contribution in [3.63, 3.8) is 0 Å². The summed E-state index contributed by atoms with van der Waals surface area (Å²) in [6.45, 7) is 5.58. The molecule has 214 valence electrons. The largest absolute Gasteiger partial charge is 0.485 e. The molecule has 12 nitrogen and oxygen atoms in total. The minimum absolute atomic E-state index is 0.130. The molecule has 7 rings (SSSR count). The molecule has 6 heterocycles. The van der Waals surface area contributed by atoms with Crippen LogP contribution in [0.15, 0.2) is 30.3 Å². The van der Waals surface area contributed by atoms with Crippen molar-refractivity contribution >= 4 is 34.8 Å². The number of piperidine rings is 1. The molecule has 2 saturated heterocycles. The van der Waals surface area contributed by atoms with Gasteiger partial charge >= 0.3 is 0 Å². The van der Waals surface area contributed by atoms with Crippen molar-refractivity contribution in [2.45, 2.75) is 51.4 Å². The average Bonchev–Trinajstić information content (AvgIpc) is 3.55. The van der Waals surface area contributed by atoms with Crippen molar-refractivity contribution in [3.05, 3.63) is 58.3 Å². The van der Waals surface area contributed by atoms with E-state index >= 15 is 0 Å². The maximum Gasteiger partial charge on any atom is 0.258 e. The van der Waals surface area contributed by atoms with Gasteiger partial charge in [0.2, 0.25) is 0 Å². The zero-order valence-electron chi connectivity index (χ0n) is 23.2. The normalized spacial score (nSPS) is 20.0. The molecule has 2 bridgehead atoms. The maximum absolute atomic E-state index is 14.1. The Hall–Kier alpha value is -3.90. The number of halogens is 1. The van der Waals surface area contributed by atoms with Crippen molar-refractivity contribution < 1.29 is 9.53 Å². The number of nitrogens with two attached hydrogens (primary N) is 1. The highest BCUT2D eigenvalue weighted by molar-refractivity contribution is 6.31. The van der Waals surface area contributed by atoms with Gasteiger partial charge in [0.1, 0.15) is 29.8 Å². The Morgan fingerprint density at radius 3 is 2.76 bits per heavy atom. The Morgan fingerprint density at radius 2 is 1.93 bits per heavy atom. The van der Waals surface area contributed by atoms with Crippen LogP contribution in [-0.2, 0) is 13.2 Å². The number of ether oxygens (including phenoxy) is 1. The van der Waals surface area contributed by atoms with Gasteiger partial charge in [-0.15, -0.1) is 10.2 Å².